The average Bonchev–Trinajstić information content (AvgIpc) is 2.42. The molecule has 1 unspecified atom stereocenters. The van der Waals surface area contributed by atoms with Crippen molar-refractivity contribution in [2.24, 2.45) is 0 Å². The third kappa shape index (κ3) is 3.66. The largest absolute Gasteiger partial charge is 0.295 e. The van der Waals surface area contributed by atoms with E-state index in [0.29, 0.717) is 16.1 Å². The highest BCUT2D eigenvalue weighted by atomic mass is 35.5. The highest BCUT2D eigenvalue weighted by Gasteiger charge is 2.29. The minimum absolute atomic E-state index is 0.0602. The van der Waals surface area contributed by atoms with Crippen molar-refractivity contribution in [3.8, 4) is 0 Å². The van der Waals surface area contributed by atoms with Gasteiger partial charge >= 0.3 is 0 Å². The minimum atomic E-state index is -0.0602. The molecule has 1 aliphatic heterocycles. The van der Waals surface area contributed by atoms with Crippen LogP contribution in [-0.4, -0.2) is 24.0 Å². The van der Waals surface area contributed by atoms with Gasteiger partial charge in [0, 0.05) is 12.6 Å². The number of hydrogen-bond donors (Lipinski definition) is 0. The molecule has 4 heteroatoms. The van der Waals surface area contributed by atoms with Gasteiger partial charge in [0.25, 0.3) is 0 Å². The molecule has 1 aromatic rings. The molecule has 0 N–H and O–H groups in total. The van der Waals surface area contributed by atoms with Crippen molar-refractivity contribution < 1.29 is 0 Å². The molecule has 0 amide bonds. The summed E-state index contributed by atoms with van der Waals surface area (Å²) in [4.78, 5) is 2.40. The van der Waals surface area contributed by atoms with Crippen LogP contribution in [0.2, 0.25) is 10.0 Å². The average molecular weight is 319 g/mol. The van der Waals surface area contributed by atoms with Crippen LogP contribution in [-0.2, 0) is 0 Å². The summed E-state index contributed by atoms with van der Waals surface area (Å²) in [6.45, 7) is 5.79. The van der Waals surface area contributed by atoms with Crippen molar-refractivity contribution in [1.29, 1.82) is 0 Å². The van der Waals surface area contributed by atoms with Gasteiger partial charge in [0.05, 0.1) is 15.4 Å². The van der Waals surface area contributed by atoms with E-state index < -0.39 is 0 Å². The second-order valence-corrected chi connectivity index (χ2v) is 6.21. The Morgan fingerprint density at radius 2 is 2.11 bits per heavy atom. The van der Waals surface area contributed by atoms with Crippen molar-refractivity contribution in [3.05, 3.63) is 46.5 Å². The van der Waals surface area contributed by atoms with E-state index in [9.17, 15) is 0 Å². The third-order valence-corrected chi connectivity index (χ3v) is 4.91. The lowest BCUT2D eigenvalue weighted by molar-refractivity contribution is 0.160. The number of benzene rings is 1. The zero-order valence-corrected chi connectivity index (χ0v) is 13.1. The fraction of sp³-hybridized carbons (Fsp3) is 0.467. The Bertz CT molecular complexity index is 447. The summed E-state index contributed by atoms with van der Waals surface area (Å²) < 4.78 is 0. The van der Waals surface area contributed by atoms with Gasteiger partial charge in [0.15, 0.2) is 0 Å². The van der Waals surface area contributed by atoms with Gasteiger partial charge in [0.1, 0.15) is 0 Å². The lowest BCUT2D eigenvalue weighted by Crippen LogP contribution is -2.41. The Balaban J connectivity index is 2.17. The molecular weight excluding hydrogens is 301 g/mol. The molecule has 1 nitrogen and oxygen atoms in total. The summed E-state index contributed by atoms with van der Waals surface area (Å²) in [5.41, 5.74) is 1.04. The molecule has 0 radical (unpaired) electrons. The quantitative estimate of drug-likeness (QED) is 0.537. The lowest BCUT2D eigenvalue weighted by Gasteiger charge is -2.37. The molecule has 104 valence electrons. The molecule has 0 bridgehead atoms. The van der Waals surface area contributed by atoms with Gasteiger partial charge in [-0.1, -0.05) is 41.8 Å². The summed E-state index contributed by atoms with van der Waals surface area (Å²) in [6.07, 6.45) is 5.51. The van der Waals surface area contributed by atoms with E-state index in [-0.39, 0.29) is 5.38 Å². The van der Waals surface area contributed by atoms with Crippen LogP contribution in [0.1, 0.15) is 30.2 Å². The maximum atomic E-state index is 6.66. The van der Waals surface area contributed by atoms with E-state index in [0.717, 1.165) is 25.1 Å². The zero-order chi connectivity index (χ0) is 13.8. The summed E-state index contributed by atoms with van der Waals surface area (Å²) in [6, 6.07) is 6.00. The number of halogens is 3. The molecule has 1 aromatic carbocycles. The first kappa shape index (κ1) is 15.2. The second-order valence-electron chi connectivity index (χ2n) is 4.92. The topological polar surface area (TPSA) is 3.24 Å². The van der Waals surface area contributed by atoms with Crippen LogP contribution in [0.15, 0.2) is 30.9 Å². The molecule has 1 saturated heterocycles. The fourth-order valence-corrected chi connectivity index (χ4v) is 3.37. The standard InChI is InChI=1S/C15H18Cl3N/c1-2-8-19-9-4-3-5-14(19)15(18)11-6-7-12(16)13(17)10-11/h2,6-7,10,14-15H,1,3-5,8-9H2/t14-,15?/m0/s1. The lowest BCUT2D eigenvalue weighted by atomic mass is 9.95. The Hall–Kier alpha value is -0.210. The van der Waals surface area contributed by atoms with Gasteiger partial charge in [-0.25, -0.2) is 0 Å². The summed E-state index contributed by atoms with van der Waals surface area (Å²) in [5, 5.41) is 1.08. The number of piperidine rings is 1. The Kier molecular flexibility index (Phi) is 5.58. The van der Waals surface area contributed by atoms with Gasteiger partial charge in [-0.05, 0) is 37.1 Å². The molecule has 2 atom stereocenters. The molecule has 0 aromatic heterocycles. The van der Waals surface area contributed by atoms with Crippen LogP contribution in [0.5, 0.6) is 0 Å². The van der Waals surface area contributed by atoms with Crippen molar-refractivity contribution >= 4 is 34.8 Å². The molecule has 19 heavy (non-hydrogen) atoms. The Morgan fingerprint density at radius 3 is 2.79 bits per heavy atom. The summed E-state index contributed by atoms with van der Waals surface area (Å²) >= 11 is 18.7. The normalized spacial score (nSPS) is 22.2. The van der Waals surface area contributed by atoms with Crippen LogP contribution < -0.4 is 0 Å². The third-order valence-electron chi connectivity index (χ3n) is 3.63. The highest BCUT2D eigenvalue weighted by molar-refractivity contribution is 6.42. The SMILES string of the molecule is C=CCN1CCCC[C@H]1C(Cl)c1ccc(Cl)c(Cl)c1. The molecule has 1 heterocycles. The molecule has 0 saturated carbocycles. The van der Waals surface area contributed by atoms with Gasteiger partial charge in [-0.15, -0.1) is 18.2 Å². The molecule has 1 fully saturated rings. The summed E-state index contributed by atoms with van der Waals surface area (Å²) in [7, 11) is 0. The molecule has 1 aliphatic rings. The van der Waals surface area contributed by atoms with Crippen LogP contribution >= 0.6 is 34.8 Å². The monoisotopic (exact) mass is 317 g/mol. The number of rotatable bonds is 4. The van der Waals surface area contributed by atoms with Crippen molar-refractivity contribution in [2.75, 3.05) is 13.1 Å². The van der Waals surface area contributed by atoms with Gasteiger partial charge in [-0.3, -0.25) is 4.90 Å². The molecular formula is C15H18Cl3N. The number of nitrogens with zero attached hydrogens (tertiary/aromatic N) is 1. The molecule has 2 rings (SSSR count). The first-order valence-corrected chi connectivity index (χ1v) is 7.76. The predicted molar refractivity (Wildman–Crippen MR) is 84.5 cm³/mol. The maximum Gasteiger partial charge on any atom is 0.0741 e. The van der Waals surface area contributed by atoms with E-state index in [1.807, 2.05) is 24.3 Å². The van der Waals surface area contributed by atoms with Gasteiger partial charge < -0.3 is 0 Å². The molecule has 0 spiro atoms. The van der Waals surface area contributed by atoms with Crippen LogP contribution in [0.4, 0.5) is 0 Å². The van der Waals surface area contributed by atoms with Crippen LogP contribution in [0.25, 0.3) is 0 Å². The maximum absolute atomic E-state index is 6.66. The van der Waals surface area contributed by atoms with E-state index in [1.54, 1.807) is 0 Å². The minimum Gasteiger partial charge on any atom is -0.295 e. The van der Waals surface area contributed by atoms with Crippen molar-refractivity contribution in [2.45, 2.75) is 30.7 Å². The Labute approximate surface area is 130 Å². The van der Waals surface area contributed by atoms with Crippen molar-refractivity contribution in [3.63, 3.8) is 0 Å². The number of hydrogen-bond acceptors (Lipinski definition) is 1. The van der Waals surface area contributed by atoms with E-state index in [4.69, 9.17) is 34.8 Å². The van der Waals surface area contributed by atoms with E-state index in [2.05, 4.69) is 11.5 Å². The zero-order valence-electron chi connectivity index (χ0n) is 10.8. The van der Waals surface area contributed by atoms with Crippen molar-refractivity contribution in [1.82, 2.24) is 4.90 Å². The Morgan fingerprint density at radius 1 is 1.32 bits per heavy atom. The predicted octanol–water partition coefficient (Wildman–Crippen LogP) is 5.31. The first-order valence-electron chi connectivity index (χ1n) is 6.57. The first-order chi connectivity index (χ1) is 9.13. The second kappa shape index (κ2) is 6.99. The van der Waals surface area contributed by atoms with Gasteiger partial charge in [-0.2, -0.15) is 0 Å². The van der Waals surface area contributed by atoms with E-state index >= 15 is 0 Å². The van der Waals surface area contributed by atoms with Crippen LogP contribution in [0, 0.1) is 0 Å². The smallest absolute Gasteiger partial charge is 0.0741 e. The van der Waals surface area contributed by atoms with Gasteiger partial charge in [0.2, 0.25) is 0 Å². The summed E-state index contributed by atoms with van der Waals surface area (Å²) in [5.74, 6) is 0. The number of alkyl halides is 1. The molecule has 0 aliphatic carbocycles. The highest BCUT2D eigenvalue weighted by Crippen LogP contribution is 2.35. The van der Waals surface area contributed by atoms with Crippen LogP contribution in [0.3, 0.4) is 0 Å². The fourth-order valence-electron chi connectivity index (χ4n) is 2.65. The van der Waals surface area contributed by atoms with E-state index in [1.165, 1.54) is 12.8 Å². The number of likely N-dealkylation sites (tertiary alicyclic amines) is 1.